The predicted octanol–water partition coefficient (Wildman–Crippen LogP) is 5.53. The molecular formula is C17H14Cl2N2. The maximum absolute atomic E-state index is 6.36. The Labute approximate surface area is 133 Å². The molecule has 21 heavy (non-hydrogen) atoms. The summed E-state index contributed by atoms with van der Waals surface area (Å²) in [6.45, 7) is 6.03. The highest BCUT2D eigenvalue weighted by molar-refractivity contribution is 6.34. The minimum absolute atomic E-state index is 0.473. The van der Waals surface area contributed by atoms with Crippen LogP contribution in [0.15, 0.2) is 30.3 Å². The zero-order chi connectivity index (χ0) is 15.1. The van der Waals surface area contributed by atoms with E-state index in [9.17, 15) is 0 Å². The Bertz CT molecular complexity index is 857. The van der Waals surface area contributed by atoms with Gasteiger partial charge in [-0.05, 0) is 44.0 Å². The van der Waals surface area contributed by atoms with Crippen molar-refractivity contribution in [3.05, 3.63) is 57.2 Å². The Morgan fingerprint density at radius 3 is 2.48 bits per heavy atom. The molecule has 0 amide bonds. The summed E-state index contributed by atoms with van der Waals surface area (Å²) in [5.74, 6) is 0.611. The lowest BCUT2D eigenvalue weighted by Gasteiger charge is -2.10. The molecule has 3 aromatic rings. The number of aromatic nitrogens is 2. The van der Waals surface area contributed by atoms with Crippen LogP contribution in [-0.2, 0) is 0 Å². The van der Waals surface area contributed by atoms with E-state index in [-0.39, 0.29) is 0 Å². The molecule has 106 valence electrons. The monoisotopic (exact) mass is 316 g/mol. The SMILES string of the molecule is Cc1cc(C)c2nc(-c3cccc(Cl)c3C)nc(Cl)c2c1. The first kappa shape index (κ1) is 14.3. The highest BCUT2D eigenvalue weighted by Gasteiger charge is 2.13. The topological polar surface area (TPSA) is 25.8 Å². The van der Waals surface area contributed by atoms with Crippen LogP contribution in [0.3, 0.4) is 0 Å². The Kier molecular flexibility index (Phi) is 3.60. The first-order valence-electron chi connectivity index (χ1n) is 6.67. The molecule has 1 aromatic heterocycles. The van der Waals surface area contributed by atoms with E-state index in [4.69, 9.17) is 28.2 Å². The number of fused-ring (bicyclic) bond motifs is 1. The second kappa shape index (κ2) is 5.28. The molecule has 0 fully saturated rings. The normalized spacial score (nSPS) is 11.1. The molecule has 0 saturated heterocycles. The van der Waals surface area contributed by atoms with Crippen LogP contribution in [0.2, 0.25) is 10.2 Å². The van der Waals surface area contributed by atoms with Crippen LogP contribution in [0.1, 0.15) is 16.7 Å². The fourth-order valence-electron chi connectivity index (χ4n) is 2.52. The molecule has 0 spiro atoms. The number of benzene rings is 2. The molecule has 0 atom stereocenters. The van der Waals surface area contributed by atoms with Crippen LogP contribution in [0.4, 0.5) is 0 Å². The summed E-state index contributed by atoms with van der Waals surface area (Å²) in [7, 11) is 0. The zero-order valence-corrected chi connectivity index (χ0v) is 13.5. The van der Waals surface area contributed by atoms with Gasteiger partial charge in [-0.25, -0.2) is 9.97 Å². The summed E-state index contributed by atoms with van der Waals surface area (Å²) in [4.78, 5) is 9.15. The summed E-state index contributed by atoms with van der Waals surface area (Å²) in [5.41, 5.74) is 4.99. The van der Waals surface area contributed by atoms with Crippen LogP contribution in [0.5, 0.6) is 0 Å². The lowest BCUT2D eigenvalue weighted by Crippen LogP contribution is -1.96. The van der Waals surface area contributed by atoms with Gasteiger partial charge in [0.2, 0.25) is 0 Å². The van der Waals surface area contributed by atoms with Crippen molar-refractivity contribution in [3.63, 3.8) is 0 Å². The second-order valence-electron chi connectivity index (χ2n) is 5.23. The number of hydrogen-bond acceptors (Lipinski definition) is 2. The van der Waals surface area contributed by atoms with Crippen molar-refractivity contribution in [2.45, 2.75) is 20.8 Å². The summed E-state index contributed by atoms with van der Waals surface area (Å²) in [6.07, 6.45) is 0. The third kappa shape index (κ3) is 2.50. The number of hydrogen-bond donors (Lipinski definition) is 0. The van der Waals surface area contributed by atoms with Gasteiger partial charge < -0.3 is 0 Å². The first-order valence-corrected chi connectivity index (χ1v) is 7.43. The van der Waals surface area contributed by atoms with Gasteiger partial charge in [0.1, 0.15) is 5.15 Å². The lowest BCUT2D eigenvalue weighted by atomic mass is 10.1. The molecule has 1 heterocycles. The molecule has 4 heteroatoms. The Morgan fingerprint density at radius 1 is 0.952 bits per heavy atom. The summed E-state index contributed by atoms with van der Waals surface area (Å²) in [5, 5.41) is 2.06. The molecule has 2 aromatic carbocycles. The minimum atomic E-state index is 0.473. The third-order valence-corrected chi connectivity index (χ3v) is 4.30. The molecule has 0 aliphatic carbocycles. The van der Waals surface area contributed by atoms with Crippen LogP contribution in [0.25, 0.3) is 22.3 Å². The van der Waals surface area contributed by atoms with E-state index in [0.717, 1.165) is 33.2 Å². The smallest absolute Gasteiger partial charge is 0.161 e. The van der Waals surface area contributed by atoms with E-state index in [1.807, 2.05) is 45.0 Å². The largest absolute Gasteiger partial charge is 0.228 e. The maximum Gasteiger partial charge on any atom is 0.161 e. The molecule has 0 N–H and O–H groups in total. The molecule has 0 unspecified atom stereocenters. The molecule has 0 aliphatic heterocycles. The van der Waals surface area contributed by atoms with E-state index in [1.165, 1.54) is 0 Å². The Hall–Kier alpha value is -1.64. The van der Waals surface area contributed by atoms with Crippen LogP contribution in [-0.4, -0.2) is 9.97 Å². The van der Waals surface area contributed by atoms with Crippen molar-refractivity contribution in [2.75, 3.05) is 0 Å². The molecule has 0 aliphatic rings. The molecular weight excluding hydrogens is 303 g/mol. The van der Waals surface area contributed by atoms with Gasteiger partial charge in [0.25, 0.3) is 0 Å². The van der Waals surface area contributed by atoms with Crippen molar-refractivity contribution in [1.82, 2.24) is 9.97 Å². The number of halogens is 2. The second-order valence-corrected chi connectivity index (χ2v) is 5.99. The van der Waals surface area contributed by atoms with Crippen LogP contribution in [0, 0.1) is 20.8 Å². The fraction of sp³-hybridized carbons (Fsp3) is 0.176. The third-order valence-electron chi connectivity index (χ3n) is 3.60. The quantitative estimate of drug-likeness (QED) is 0.552. The molecule has 0 bridgehead atoms. The highest BCUT2D eigenvalue weighted by atomic mass is 35.5. The standard InChI is InChI=1S/C17H14Cl2N2/c1-9-7-10(2)15-13(8-9)16(19)21-17(20-15)12-5-4-6-14(18)11(12)3/h4-8H,1-3H3. The zero-order valence-electron chi connectivity index (χ0n) is 12.0. The predicted molar refractivity (Wildman–Crippen MR) is 89.2 cm³/mol. The molecule has 2 nitrogen and oxygen atoms in total. The Morgan fingerprint density at radius 2 is 1.71 bits per heavy atom. The van der Waals surface area contributed by atoms with Crippen molar-refractivity contribution < 1.29 is 0 Å². The van der Waals surface area contributed by atoms with E-state index in [2.05, 4.69) is 11.1 Å². The maximum atomic E-state index is 6.36. The van der Waals surface area contributed by atoms with Crippen molar-refractivity contribution in [3.8, 4) is 11.4 Å². The average molecular weight is 317 g/mol. The van der Waals surface area contributed by atoms with Crippen molar-refractivity contribution in [2.24, 2.45) is 0 Å². The van der Waals surface area contributed by atoms with Crippen molar-refractivity contribution in [1.29, 1.82) is 0 Å². The lowest BCUT2D eigenvalue weighted by molar-refractivity contribution is 1.20. The summed E-state index contributed by atoms with van der Waals surface area (Å²) < 4.78 is 0. The van der Waals surface area contributed by atoms with Gasteiger partial charge in [0, 0.05) is 16.0 Å². The van der Waals surface area contributed by atoms with Crippen molar-refractivity contribution >= 4 is 34.1 Å². The number of nitrogens with zero attached hydrogens (tertiary/aromatic N) is 2. The van der Waals surface area contributed by atoms with Gasteiger partial charge in [-0.15, -0.1) is 0 Å². The van der Waals surface area contributed by atoms with Crippen LogP contribution >= 0.6 is 23.2 Å². The van der Waals surface area contributed by atoms with Gasteiger partial charge >= 0.3 is 0 Å². The molecule has 0 radical (unpaired) electrons. The molecule has 3 rings (SSSR count). The fourth-order valence-corrected chi connectivity index (χ4v) is 2.92. The average Bonchev–Trinajstić information content (AvgIpc) is 2.43. The minimum Gasteiger partial charge on any atom is -0.228 e. The van der Waals surface area contributed by atoms with E-state index >= 15 is 0 Å². The number of rotatable bonds is 1. The Balaban J connectivity index is 2.33. The van der Waals surface area contributed by atoms with E-state index in [1.54, 1.807) is 0 Å². The summed E-state index contributed by atoms with van der Waals surface area (Å²) in [6, 6.07) is 9.83. The first-order chi connectivity index (χ1) is 9.97. The highest BCUT2D eigenvalue weighted by Crippen LogP contribution is 2.31. The van der Waals surface area contributed by atoms with Gasteiger partial charge in [0.15, 0.2) is 5.82 Å². The van der Waals surface area contributed by atoms with Gasteiger partial charge in [0.05, 0.1) is 5.52 Å². The number of aryl methyl sites for hydroxylation is 2. The summed E-state index contributed by atoms with van der Waals surface area (Å²) >= 11 is 12.5. The molecule has 0 saturated carbocycles. The van der Waals surface area contributed by atoms with E-state index in [0.29, 0.717) is 16.0 Å². The van der Waals surface area contributed by atoms with Gasteiger partial charge in [-0.3, -0.25) is 0 Å². The van der Waals surface area contributed by atoms with Crippen LogP contribution < -0.4 is 0 Å². The van der Waals surface area contributed by atoms with Gasteiger partial charge in [-0.1, -0.05) is 47.0 Å². The van der Waals surface area contributed by atoms with Gasteiger partial charge in [-0.2, -0.15) is 0 Å². The van der Waals surface area contributed by atoms with E-state index < -0.39 is 0 Å².